The summed E-state index contributed by atoms with van der Waals surface area (Å²) in [6, 6.07) is 2.38. The molecule has 5 saturated heterocycles. The van der Waals surface area contributed by atoms with Gasteiger partial charge in [-0.25, -0.2) is 4.79 Å². The number of nitrogens with zero attached hydrogens (tertiary/aromatic N) is 1. The Labute approximate surface area is 404 Å². The standard InChI is InChI=1S/C56H70N2O11/c1-27(2)33-8-6-14-54-37(33)19-32-18-31-7-5-13-52(31)22-30-21-50(3)46(35-12-16-65-40(35)20-36(39(60)24-59)28-9-10-34-29(17-28)11-15-58-26-57-23-38(34)58)67-49(64)47-56(50,68-47)51(4)42(30)53(43(54)41(61)45(51)62)25-66-48(63)44(52)55(32,53)69-54/h6,8,11-12,15-16,19,27-31,33-34,36-39,42-47,57,59-60,62H,5,7,9-10,13-14,17-18,20-26H2,1-4H3/t28-,29+,30+,31+,33-,34-,36-,37+,38+,39+,42-,43-,44-,45+,46-,47+,50-,51-,52-,53+,54-,55-,56+/m0/s1. The quantitative estimate of drug-likeness (QED) is 0.152. The van der Waals surface area contributed by atoms with Crippen LogP contribution >= 0.6 is 0 Å². The minimum Gasteiger partial charge on any atom is -0.469 e. The summed E-state index contributed by atoms with van der Waals surface area (Å²) in [4.78, 5) is 48.6. The average Bonchev–Trinajstić information content (AvgIpc) is 3.62. The van der Waals surface area contributed by atoms with E-state index in [2.05, 4.69) is 61.5 Å². The maximum Gasteiger partial charge on any atom is 0.339 e. The van der Waals surface area contributed by atoms with Gasteiger partial charge in [-0.15, -0.1) is 0 Å². The zero-order valence-corrected chi connectivity index (χ0v) is 40.5. The van der Waals surface area contributed by atoms with E-state index in [1.165, 1.54) is 5.57 Å². The van der Waals surface area contributed by atoms with Crippen LogP contribution in [0, 0.1) is 92.7 Å². The van der Waals surface area contributed by atoms with Crippen LogP contribution in [0.4, 0.5) is 0 Å². The average molecular weight is 947 g/mol. The number of furan rings is 1. The Morgan fingerprint density at radius 3 is 2.71 bits per heavy atom. The lowest BCUT2D eigenvalue weighted by Crippen LogP contribution is -2.80. The number of ether oxygens (including phenoxy) is 4. The van der Waals surface area contributed by atoms with Crippen molar-refractivity contribution in [2.24, 2.45) is 92.7 Å². The normalized spacial score (nSPS) is 54.8. The number of rotatable bonds is 7. The van der Waals surface area contributed by atoms with Crippen LogP contribution in [0.15, 0.2) is 52.8 Å². The number of nitrogens with one attached hydrogen (secondary N) is 1. The molecular formula is C56H70N2O11. The lowest BCUT2D eigenvalue weighted by atomic mass is 9.32. The molecule has 1 aromatic rings. The van der Waals surface area contributed by atoms with E-state index in [-0.39, 0.29) is 66.4 Å². The molecule has 11 fully saturated rings. The largest absolute Gasteiger partial charge is 0.469 e. The van der Waals surface area contributed by atoms with Gasteiger partial charge >= 0.3 is 11.9 Å². The molecule has 0 radical (unpaired) electrons. The van der Waals surface area contributed by atoms with Crippen molar-refractivity contribution >= 4 is 17.7 Å². The van der Waals surface area contributed by atoms with E-state index in [0.29, 0.717) is 48.5 Å². The minimum atomic E-state index is -1.49. The zero-order chi connectivity index (χ0) is 47.2. The Bertz CT molecular complexity index is 2550. The van der Waals surface area contributed by atoms with Gasteiger partial charge in [-0.05, 0) is 134 Å². The second-order valence-electron chi connectivity index (χ2n) is 26.1. The molecule has 7 aliphatic carbocycles. The molecule has 15 rings (SSSR count). The lowest BCUT2D eigenvalue weighted by molar-refractivity contribution is -0.281. The van der Waals surface area contributed by atoms with E-state index in [4.69, 9.17) is 23.4 Å². The number of carbonyl (C=O) groups excluding carboxylic acids is 3. The van der Waals surface area contributed by atoms with Crippen molar-refractivity contribution in [1.29, 1.82) is 0 Å². The van der Waals surface area contributed by atoms with Crippen LogP contribution in [0.2, 0.25) is 0 Å². The van der Waals surface area contributed by atoms with Gasteiger partial charge in [0.05, 0.1) is 48.5 Å². The van der Waals surface area contributed by atoms with Crippen molar-refractivity contribution in [1.82, 2.24) is 10.2 Å². The molecule has 23 atom stereocenters. The maximum atomic E-state index is 16.3. The second-order valence-corrected chi connectivity index (χ2v) is 26.1. The summed E-state index contributed by atoms with van der Waals surface area (Å²) in [5.74, 6) is -0.971. The predicted octanol–water partition coefficient (Wildman–Crippen LogP) is 5.58. The summed E-state index contributed by atoms with van der Waals surface area (Å²) in [7, 11) is 0. The molecule has 0 amide bonds. The molecule has 14 aliphatic rings. The number of ketones is 1. The highest BCUT2D eigenvalue weighted by Crippen LogP contribution is 2.89. The monoisotopic (exact) mass is 946 g/mol. The number of epoxide rings is 1. The highest BCUT2D eigenvalue weighted by molar-refractivity contribution is 5.94. The molecule has 69 heavy (non-hydrogen) atoms. The highest BCUT2D eigenvalue weighted by Gasteiger charge is 2.97. The number of Topliss-reactive ketones (excluding diaryl/α,β-unsaturated/α-hetero) is 1. The SMILES string of the molecule is CC(C)[C@@H]1C=CC[C@]23O[C@]45C(=C[C@H]12)C[C@H]1CCC[C@]12C[C@H]1C[C@@]6(C)[C@H](c7ccoc7C[C@@H]([C@H]7CC[C@H]8[C@H](C=CN9CNC[C@H]89)C7)[C@H](O)CO)OC(=O)[C@H]7O[C@]76[C@]6(C)[C@H](O)C(=O)[C@H]3[C@@]4(COC(=O)[C@@H]25)[C@@H]16. The van der Waals surface area contributed by atoms with Gasteiger partial charge < -0.3 is 43.6 Å². The molecule has 5 spiro atoms. The molecule has 0 aromatic carbocycles. The number of allylic oxidation sites excluding steroid dienone is 2. The summed E-state index contributed by atoms with van der Waals surface area (Å²) < 4.78 is 35.0. The number of aliphatic hydroxyl groups is 3. The van der Waals surface area contributed by atoms with Crippen molar-refractivity contribution in [2.75, 3.05) is 26.4 Å². The number of aliphatic hydroxyl groups excluding tert-OH is 3. The first-order valence-electron chi connectivity index (χ1n) is 27.0. The van der Waals surface area contributed by atoms with Gasteiger partial charge in [0.2, 0.25) is 0 Å². The minimum absolute atomic E-state index is 0.0327. The van der Waals surface area contributed by atoms with E-state index in [9.17, 15) is 20.1 Å². The number of fused-ring (bicyclic) bond motifs is 3. The lowest BCUT2D eigenvalue weighted by Gasteiger charge is -2.70. The molecule has 7 aliphatic heterocycles. The van der Waals surface area contributed by atoms with E-state index in [1.807, 2.05) is 13.0 Å². The van der Waals surface area contributed by atoms with Gasteiger partial charge in [0.1, 0.15) is 35.8 Å². The molecule has 0 unspecified atom stereocenters. The Hall–Kier alpha value is -3.33. The van der Waals surface area contributed by atoms with Crippen LogP contribution in [-0.2, 0) is 39.8 Å². The molecule has 4 N–H and O–H groups in total. The van der Waals surface area contributed by atoms with Crippen molar-refractivity contribution in [3.8, 4) is 0 Å². The van der Waals surface area contributed by atoms with Crippen LogP contribution in [0.25, 0.3) is 0 Å². The number of cyclic esters (lactones) is 2. The van der Waals surface area contributed by atoms with Gasteiger partial charge in [-0.1, -0.05) is 58.4 Å². The molecule has 6 saturated carbocycles. The summed E-state index contributed by atoms with van der Waals surface area (Å²) in [6.07, 6.45) is 17.6. The zero-order valence-electron chi connectivity index (χ0n) is 40.5. The number of carbonyl (C=O) groups is 3. The van der Waals surface area contributed by atoms with Crippen molar-refractivity contribution in [2.45, 2.75) is 146 Å². The Morgan fingerprint density at radius 1 is 1.03 bits per heavy atom. The first kappa shape index (κ1) is 43.3. The van der Waals surface area contributed by atoms with E-state index in [0.717, 1.165) is 64.6 Å². The third kappa shape index (κ3) is 4.61. The molecule has 370 valence electrons. The molecule has 13 heteroatoms. The van der Waals surface area contributed by atoms with Crippen LogP contribution in [0.1, 0.15) is 109 Å². The fourth-order valence-electron chi connectivity index (χ4n) is 21.9. The third-order valence-electron chi connectivity index (χ3n) is 23.9. The van der Waals surface area contributed by atoms with Crippen molar-refractivity contribution in [3.63, 3.8) is 0 Å². The highest BCUT2D eigenvalue weighted by atomic mass is 16.7. The Balaban J connectivity index is 0.872. The topological polar surface area (TPSA) is 181 Å². The fraction of sp³-hybridized carbons (Fsp3) is 0.768. The van der Waals surface area contributed by atoms with Gasteiger partial charge in [-0.2, -0.15) is 0 Å². The smallest absolute Gasteiger partial charge is 0.339 e. The third-order valence-corrected chi connectivity index (χ3v) is 23.9. The van der Waals surface area contributed by atoms with Gasteiger partial charge in [0, 0.05) is 41.3 Å². The summed E-state index contributed by atoms with van der Waals surface area (Å²) in [6.45, 7) is 10.2. The first-order valence-corrected chi connectivity index (χ1v) is 27.0. The maximum absolute atomic E-state index is 16.3. The number of esters is 2. The fourth-order valence-corrected chi connectivity index (χ4v) is 21.9. The van der Waals surface area contributed by atoms with Crippen LogP contribution in [0.5, 0.6) is 0 Å². The van der Waals surface area contributed by atoms with Crippen LogP contribution in [-0.4, -0.2) is 106 Å². The summed E-state index contributed by atoms with van der Waals surface area (Å²) in [5, 5.41) is 39.3. The predicted molar refractivity (Wildman–Crippen MR) is 246 cm³/mol. The molecule has 8 heterocycles. The number of hydrogen-bond donors (Lipinski definition) is 4. The van der Waals surface area contributed by atoms with Crippen LogP contribution in [0.3, 0.4) is 0 Å². The van der Waals surface area contributed by atoms with Crippen molar-refractivity contribution < 1.29 is 53.1 Å². The van der Waals surface area contributed by atoms with Crippen molar-refractivity contribution in [3.05, 3.63) is 59.7 Å². The molecule has 1 aromatic heterocycles. The van der Waals surface area contributed by atoms with E-state index < -0.39 is 86.6 Å². The van der Waals surface area contributed by atoms with Gasteiger partial charge in [0.25, 0.3) is 0 Å². The number of hydrogen-bond acceptors (Lipinski definition) is 13. The van der Waals surface area contributed by atoms with Gasteiger partial charge in [0.15, 0.2) is 11.9 Å². The first-order chi connectivity index (χ1) is 33.2. The summed E-state index contributed by atoms with van der Waals surface area (Å²) >= 11 is 0. The van der Waals surface area contributed by atoms with E-state index in [1.54, 1.807) is 6.26 Å². The molecule has 5 bridgehead atoms. The summed E-state index contributed by atoms with van der Waals surface area (Å²) in [5.41, 5.74) is -5.17. The van der Waals surface area contributed by atoms with Crippen LogP contribution < -0.4 is 5.32 Å². The Morgan fingerprint density at radius 2 is 1.88 bits per heavy atom. The molecule has 13 nitrogen and oxygen atoms in total. The van der Waals surface area contributed by atoms with E-state index >= 15 is 9.59 Å². The second kappa shape index (κ2) is 13.6. The Kier molecular flexibility index (Phi) is 8.55. The molecular weight excluding hydrogens is 877 g/mol. The van der Waals surface area contributed by atoms with Gasteiger partial charge in [-0.3, -0.25) is 14.9 Å².